The van der Waals surface area contributed by atoms with Crippen LogP contribution in [0.2, 0.25) is 0 Å². The third-order valence-corrected chi connectivity index (χ3v) is 11.4. The van der Waals surface area contributed by atoms with Crippen LogP contribution in [0.15, 0.2) is 48.6 Å². The second kappa shape index (κ2) is 36.3. The molecule has 0 aliphatic heterocycles. The number of hydrogen-bond acceptors (Lipinski definition) is 12. The highest BCUT2D eigenvalue weighted by atomic mass is 31.2. The van der Waals surface area contributed by atoms with Gasteiger partial charge in [0, 0.05) is 12.8 Å². The minimum absolute atomic E-state index is 0.0803. The van der Waals surface area contributed by atoms with Crippen molar-refractivity contribution in [3.63, 3.8) is 0 Å². The van der Waals surface area contributed by atoms with E-state index in [2.05, 4.69) is 62.5 Å². The molecular formula is C46H81O13P. The Labute approximate surface area is 360 Å². The van der Waals surface area contributed by atoms with Crippen molar-refractivity contribution in [1.82, 2.24) is 0 Å². The highest BCUT2D eigenvalue weighted by Gasteiger charge is 2.51. The predicted octanol–water partition coefficient (Wildman–Crippen LogP) is 8.78. The smallest absolute Gasteiger partial charge is 0.462 e. The summed E-state index contributed by atoms with van der Waals surface area (Å²) in [6.07, 6.45) is 28.8. The van der Waals surface area contributed by atoms with E-state index in [0.717, 1.165) is 83.5 Å². The minimum Gasteiger partial charge on any atom is -0.462 e. The van der Waals surface area contributed by atoms with E-state index in [1.54, 1.807) is 0 Å². The van der Waals surface area contributed by atoms with Crippen molar-refractivity contribution < 1.29 is 63.1 Å². The summed E-state index contributed by atoms with van der Waals surface area (Å²) in [5.41, 5.74) is 0. The topological polar surface area (TPSA) is 210 Å². The monoisotopic (exact) mass is 873 g/mol. The molecule has 1 saturated carbocycles. The number of rotatable bonds is 37. The number of unbranched alkanes of at least 4 members (excludes halogenated alkanes) is 17. The number of hydrogen-bond donors (Lipinski definition) is 6. The molecule has 0 aromatic rings. The molecular weight excluding hydrogens is 791 g/mol. The van der Waals surface area contributed by atoms with Crippen molar-refractivity contribution in [2.24, 2.45) is 0 Å². The van der Waals surface area contributed by atoms with Gasteiger partial charge in [-0.3, -0.25) is 18.6 Å². The number of carbonyl (C=O) groups is 2. The van der Waals surface area contributed by atoms with Gasteiger partial charge < -0.3 is 39.9 Å². The molecule has 8 atom stereocenters. The highest BCUT2D eigenvalue weighted by molar-refractivity contribution is 7.47. The zero-order chi connectivity index (χ0) is 44.3. The van der Waals surface area contributed by atoms with Crippen LogP contribution < -0.4 is 0 Å². The SMILES string of the molecule is CCCCC/C=C\C/C=C\C/C=C\CCCCCCC(=O)OC[C@H](COP(=O)(O)OC1C(O)C(O)C(O)[C@@H](O)C1O)OC(=O)CCCCCCC/C=C\CCCCCCC. The Morgan fingerprint density at radius 1 is 0.517 bits per heavy atom. The highest BCUT2D eigenvalue weighted by Crippen LogP contribution is 2.47. The van der Waals surface area contributed by atoms with Gasteiger partial charge in [-0.1, -0.05) is 133 Å². The van der Waals surface area contributed by atoms with Crippen LogP contribution in [0.1, 0.15) is 174 Å². The standard InChI is InChI=1S/C46H81O13P/c1-3-5-7-9-11-13-15-17-19-20-21-23-24-26-28-30-32-34-39(47)56-36-38(37-57-60(54,55)59-46-44(52)42(50)41(49)43(51)45(46)53)58-40(48)35-33-31-29-27-25-22-18-16-14-12-10-8-6-4-2/h11,13,16-19,21,23,38,41-46,49-53H,3-10,12,14-15,20,22,24-37H2,1-2H3,(H,54,55)/b13-11-,18-16-,19-17-,23-21-/t38-,41?,42-,43?,44?,45?,46?/m1/s1. The largest absolute Gasteiger partial charge is 0.472 e. The van der Waals surface area contributed by atoms with E-state index in [4.69, 9.17) is 18.5 Å². The third-order valence-electron chi connectivity index (χ3n) is 10.4. The van der Waals surface area contributed by atoms with E-state index in [-0.39, 0.29) is 12.8 Å². The van der Waals surface area contributed by atoms with Gasteiger partial charge in [-0.05, 0) is 77.0 Å². The van der Waals surface area contributed by atoms with E-state index in [9.17, 15) is 44.6 Å². The maximum absolute atomic E-state index is 12.8. The molecule has 1 aliphatic carbocycles. The first-order valence-corrected chi connectivity index (χ1v) is 24.4. The molecule has 0 amide bonds. The molecule has 14 heteroatoms. The molecule has 0 saturated heterocycles. The van der Waals surface area contributed by atoms with Gasteiger partial charge in [0.25, 0.3) is 0 Å². The van der Waals surface area contributed by atoms with Crippen LogP contribution in [0.3, 0.4) is 0 Å². The van der Waals surface area contributed by atoms with Gasteiger partial charge in [0.15, 0.2) is 6.10 Å². The summed E-state index contributed by atoms with van der Waals surface area (Å²) >= 11 is 0. The van der Waals surface area contributed by atoms with Gasteiger partial charge in [0.1, 0.15) is 43.2 Å². The van der Waals surface area contributed by atoms with Crippen LogP contribution in [0.5, 0.6) is 0 Å². The molecule has 0 heterocycles. The Kier molecular flexibility index (Phi) is 33.8. The fraction of sp³-hybridized carbons (Fsp3) is 0.783. The van der Waals surface area contributed by atoms with Gasteiger partial charge in [0.2, 0.25) is 0 Å². The van der Waals surface area contributed by atoms with Gasteiger partial charge >= 0.3 is 19.8 Å². The summed E-state index contributed by atoms with van der Waals surface area (Å²) in [7, 11) is -5.12. The molecule has 1 rings (SSSR count). The molecule has 6 unspecified atom stereocenters. The van der Waals surface area contributed by atoms with Gasteiger partial charge in [-0.15, -0.1) is 0 Å². The summed E-state index contributed by atoms with van der Waals surface area (Å²) in [5, 5.41) is 50.1. The summed E-state index contributed by atoms with van der Waals surface area (Å²) in [4.78, 5) is 35.7. The molecule has 0 bridgehead atoms. The lowest BCUT2D eigenvalue weighted by Gasteiger charge is -2.41. The van der Waals surface area contributed by atoms with E-state index in [1.807, 2.05) is 0 Å². The first-order valence-electron chi connectivity index (χ1n) is 22.9. The Morgan fingerprint density at radius 3 is 1.42 bits per heavy atom. The molecule has 1 fully saturated rings. The second-order valence-corrected chi connectivity index (χ2v) is 17.3. The fourth-order valence-electron chi connectivity index (χ4n) is 6.64. The molecule has 6 N–H and O–H groups in total. The number of phosphoric acid groups is 1. The third kappa shape index (κ3) is 28.4. The number of ether oxygens (including phenoxy) is 2. The molecule has 348 valence electrons. The van der Waals surface area contributed by atoms with E-state index < -0.39 is 75.7 Å². The van der Waals surface area contributed by atoms with Crippen LogP contribution in [-0.2, 0) is 32.7 Å². The van der Waals surface area contributed by atoms with Gasteiger partial charge in [0.05, 0.1) is 6.61 Å². The normalized spacial score (nSPS) is 22.6. The van der Waals surface area contributed by atoms with E-state index in [1.165, 1.54) is 51.4 Å². The lowest BCUT2D eigenvalue weighted by atomic mass is 9.85. The number of aliphatic hydroxyl groups is 5. The molecule has 0 aromatic heterocycles. The summed E-state index contributed by atoms with van der Waals surface area (Å²) in [5.74, 6) is -1.14. The Morgan fingerprint density at radius 2 is 0.900 bits per heavy atom. The molecule has 1 aliphatic rings. The van der Waals surface area contributed by atoms with Crippen molar-refractivity contribution in [3.05, 3.63) is 48.6 Å². The van der Waals surface area contributed by atoms with Gasteiger partial charge in [-0.2, -0.15) is 0 Å². The van der Waals surface area contributed by atoms with Crippen molar-refractivity contribution in [3.8, 4) is 0 Å². The molecule has 0 spiro atoms. The number of aliphatic hydroxyl groups excluding tert-OH is 5. The first kappa shape index (κ1) is 55.8. The van der Waals surface area contributed by atoms with Crippen LogP contribution in [-0.4, -0.2) is 98.3 Å². The van der Waals surface area contributed by atoms with Crippen LogP contribution >= 0.6 is 7.82 Å². The summed E-state index contributed by atoms with van der Waals surface area (Å²) < 4.78 is 33.5. The lowest BCUT2D eigenvalue weighted by molar-refractivity contribution is -0.220. The zero-order valence-corrected chi connectivity index (χ0v) is 37.6. The van der Waals surface area contributed by atoms with Gasteiger partial charge in [-0.25, -0.2) is 4.57 Å². The molecule has 0 aromatic carbocycles. The summed E-state index contributed by atoms with van der Waals surface area (Å²) in [6, 6.07) is 0. The Bertz CT molecular complexity index is 1240. The quantitative estimate of drug-likeness (QED) is 0.0149. The van der Waals surface area contributed by atoms with Crippen molar-refractivity contribution >= 4 is 19.8 Å². The lowest BCUT2D eigenvalue weighted by Crippen LogP contribution is -2.64. The fourth-order valence-corrected chi connectivity index (χ4v) is 7.61. The number of allylic oxidation sites excluding steroid dienone is 8. The minimum atomic E-state index is -5.12. The molecule has 13 nitrogen and oxygen atoms in total. The molecule has 60 heavy (non-hydrogen) atoms. The Balaban J connectivity index is 2.49. The van der Waals surface area contributed by atoms with Crippen LogP contribution in [0, 0.1) is 0 Å². The summed E-state index contributed by atoms with van der Waals surface area (Å²) in [6.45, 7) is 3.23. The Hall–Kier alpha value is -2.19. The van der Waals surface area contributed by atoms with Crippen LogP contribution in [0.4, 0.5) is 0 Å². The predicted molar refractivity (Wildman–Crippen MR) is 235 cm³/mol. The first-order chi connectivity index (χ1) is 28.9. The average Bonchev–Trinajstić information content (AvgIpc) is 3.23. The van der Waals surface area contributed by atoms with Crippen LogP contribution in [0.25, 0.3) is 0 Å². The van der Waals surface area contributed by atoms with E-state index in [0.29, 0.717) is 12.8 Å². The maximum Gasteiger partial charge on any atom is 0.472 e. The van der Waals surface area contributed by atoms with Crippen molar-refractivity contribution in [2.75, 3.05) is 13.2 Å². The number of esters is 2. The van der Waals surface area contributed by atoms with E-state index >= 15 is 0 Å². The molecule has 0 radical (unpaired) electrons. The van der Waals surface area contributed by atoms with Crippen molar-refractivity contribution in [1.29, 1.82) is 0 Å². The maximum atomic E-state index is 12.8. The number of carbonyl (C=O) groups excluding carboxylic acids is 2. The second-order valence-electron chi connectivity index (χ2n) is 15.9. The zero-order valence-electron chi connectivity index (χ0n) is 36.7. The average molecular weight is 873 g/mol. The van der Waals surface area contributed by atoms with Crippen molar-refractivity contribution in [2.45, 2.75) is 217 Å². The number of phosphoric ester groups is 1.